The summed E-state index contributed by atoms with van der Waals surface area (Å²) in [5.41, 5.74) is 0.578. The molecule has 1 aliphatic carbocycles. The molecule has 1 aliphatic heterocycles. The molecule has 2 aliphatic rings. The standard InChI is InChI=1S/C14H18ClN3O/c15-13-4-1-10(9-16-13)14(19)17-11-5-7-18(8-6-11)12-2-3-12/h1,4,9,11-12H,2-3,5-8H2,(H,17,19). The quantitative estimate of drug-likeness (QED) is 0.862. The highest BCUT2D eigenvalue weighted by atomic mass is 35.5. The van der Waals surface area contributed by atoms with E-state index in [1.807, 2.05) is 0 Å². The monoisotopic (exact) mass is 279 g/mol. The maximum absolute atomic E-state index is 12.0. The van der Waals surface area contributed by atoms with Crippen LogP contribution < -0.4 is 5.32 Å². The van der Waals surface area contributed by atoms with Gasteiger partial charge in [0.05, 0.1) is 5.56 Å². The summed E-state index contributed by atoms with van der Waals surface area (Å²) in [6, 6.07) is 4.48. The molecule has 0 atom stereocenters. The van der Waals surface area contributed by atoms with E-state index in [1.54, 1.807) is 12.1 Å². The lowest BCUT2D eigenvalue weighted by molar-refractivity contribution is 0.0909. The number of aromatic nitrogens is 1. The third kappa shape index (κ3) is 3.25. The van der Waals surface area contributed by atoms with E-state index in [2.05, 4.69) is 15.2 Å². The average Bonchev–Trinajstić information content (AvgIpc) is 3.25. The zero-order valence-electron chi connectivity index (χ0n) is 10.8. The van der Waals surface area contributed by atoms with Crippen molar-refractivity contribution in [3.63, 3.8) is 0 Å². The molecule has 102 valence electrons. The van der Waals surface area contributed by atoms with Gasteiger partial charge in [-0.3, -0.25) is 4.79 Å². The van der Waals surface area contributed by atoms with Gasteiger partial charge in [-0.05, 0) is 37.8 Å². The van der Waals surface area contributed by atoms with Gasteiger partial charge in [-0.1, -0.05) is 11.6 Å². The molecule has 1 aromatic heterocycles. The Morgan fingerprint density at radius 3 is 2.58 bits per heavy atom. The molecule has 0 spiro atoms. The summed E-state index contributed by atoms with van der Waals surface area (Å²) in [7, 11) is 0. The smallest absolute Gasteiger partial charge is 0.253 e. The molecule has 2 fully saturated rings. The number of nitrogens with one attached hydrogen (secondary N) is 1. The minimum atomic E-state index is -0.0472. The van der Waals surface area contributed by atoms with Crippen LogP contribution in [0.5, 0.6) is 0 Å². The zero-order valence-corrected chi connectivity index (χ0v) is 11.6. The highest BCUT2D eigenvalue weighted by Crippen LogP contribution is 2.29. The number of piperidine rings is 1. The number of pyridine rings is 1. The van der Waals surface area contributed by atoms with Crippen LogP contribution in [0.3, 0.4) is 0 Å². The number of carbonyl (C=O) groups is 1. The van der Waals surface area contributed by atoms with E-state index in [0.29, 0.717) is 10.7 Å². The molecule has 3 rings (SSSR count). The Bertz CT molecular complexity index is 450. The number of nitrogens with zero attached hydrogens (tertiary/aromatic N) is 2. The van der Waals surface area contributed by atoms with Crippen LogP contribution in [0.4, 0.5) is 0 Å². The van der Waals surface area contributed by atoms with Crippen LogP contribution in [-0.2, 0) is 0 Å². The van der Waals surface area contributed by atoms with Gasteiger partial charge >= 0.3 is 0 Å². The van der Waals surface area contributed by atoms with Crippen molar-refractivity contribution in [2.75, 3.05) is 13.1 Å². The third-order valence-corrected chi connectivity index (χ3v) is 4.14. The minimum Gasteiger partial charge on any atom is -0.349 e. The Kier molecular flexibility index (Phi) is 3.71. The lowest BCUT2D eigenvalue weighted by Crippen LogP contribution is -2.45. The molecule has 1 saturated carbocycles. The summed E-state index contributed by atoms with van der Waals surface area (Å²) in [5.74, 6) is -0.0472. The van der Waals surface area contributed by atoms with Crippen LogP contribution in [0.25, 0.3) is 0 Å². The molecule has 1 amide bonds. The predicted octanol–water partition coefficient (Wildman–Crippen LogP) is 2.09. The summed E-state index contributed by atoms with van der Waals surface area (Å²) in [5, 5.41) is 3.50. The van der Waals surface area contributed by atoms with Crippen molar-refractivity contribution >= 4 is 17.5 Å². The molecule has 0 bridgehead atoms. The van der Waals surface area contributed by atoms with Crippen LogP contribution in [-0.4, -0.2) is 41.0 Å². The fourth-order valence-corrected chi connectivity index (χ4v) is 2.74. The van der Waals surface area contributed by atoms with E-state index in [1.165, 1.54) is 19.0 Å². The number of rotatable bonds is 3. The summed E-state index contributed by atoms with van der Waals surface area (Å²) < 4.78 is 0. The van der Waals surface area contributed by atoms with E-state index in [9.17, 15) is 4.79 Å². The molecule has 0 aromatic carbocycles. The Morgan fingerprint density at radius 1 is 1.26 bits per heavy atom. The van der Waals surface area contributed by atoms with E-state index < -0.39 is 0 Å². The molecule has 1 N–H and O–H groups in total. The number of carbonyl (C=O) groups excluding carboxylic acids is 1. The first-order valence-corrected chi connectivity index (χ1v) is 7.26. The summed E-state index contributed by atoms with van der Waals surface area (Å²) >= 11 is 5.71. The van der Waals surface area contributed by atoms with Crippen LogP contribution >= 0.6 is 11.6 Å². The molecule has 19 heavy (non-hydrogen) atoms. The normalized spacial score (nSPS) is 21.3. The Hall–Kier alpha value is -1.13. The van der Waals surface area contributed by atoms with E-state index in [-0.39, 0.29) is 11.9 Å². The third-order valence-electron chi connectivity index (χ3n) is 3.92. The first-order valence-electron chi connectivity index (χ1n) is 6.89. The van der Waals surface area contributed by atoms with E-state index in [4.69, 9.17) is 11.6 Å². The minimum absolute atomic E-state index is 0.0472. The lowest BCUT2D eigenvalue weighted by atomic mass is 10.0. The molecule has 2 heterocycles. The molecule has 0 radical (unpaired) electrons. The maximum atomic E-state index is 12.0. The second kappa shape index (κ2) is 5.47. The number of halogens is 1. The Balaban J connectivity index is 1.51. The van der Waals surface area contributed by atoms with Gasteiger partial charge in [-0.25, -0.2) is 4.98 Å². The second-order valence-corrected chi connectivity index (χ2v) is 5.77. The van der Waals surface area contributed by atoms with Gasteiger partial charge in [-0.2, -0.15) is 0 Å². The second-order valence-electron chi connectivity index (χ2n) is 5.38. The Morgan fingerprint density at radius 2 is 2.00 bits per heavy atom. The van der Waals surface area contributed by atoms with Crippen molar-refractivity contribution in [1.82, 2.24) is 15.2 Å². The number of hydrogen-bond acceptors (Lipinski definition) is 3. The van der Waals surface area contributed by atoms with Crippen LogP contribution in [0.1, 0.15) is 36.0 Å². The van der Waals surface area contributed by atoms with Crippen LogP contribution in [0, 0.1) is 0 Å². The highest BCUT2D eigenvalue weighted by molar-refractivity contribution is 6.29. The van der Waals surface area contributed by atoms with Gasteiger partial charge < -0.3 is 10.2 Å². The number of amides is 1. The average molecular weight is 280 g/mol. The van der Waals surface area contributed by atoms with E-state index in [0.717, 1.165) is 32.0 Å². The highest BCUT2D eigenvalue weighted by Gasteiger charge is 2.32. The van der Waals surface area contributed by atoms with Crippen molar-refractivity contribution in [2.24, 2.45) is 0 Å². The zero-order chi connectivity index (χ0) is 13.2. The van der Waals surface area contributed by atoms with Crippen LogP contribution in [0.2, 0.25) is 5.15 Å². The van der Waals surface area contributed by atoms with Crippen molar-refractivity contribution in [3.05, 3.63) is 29.0 Å². The summed E-state index contributed by atoms with van der Waals surface area (Å²) in [6.07, 6.45) is 6.32. The van der Waals surface area contributed by atoms with Crippen molar-refractivity contribution in [2.45, 2.75) is 37.8 Å². The first-order chi connectivity index (χ1) is 9.22. The largest absolute Gasteiger partial charge is 0.349 e. The van der Waals surface area contributed by atoms with Crippen molar-refractivity contribution in [1.29, 1.82) is 0 Å². The molecule has 1 aromatic rings. The van der Waals surface area contributed by atoms with Crippen molar-refractivity contribution < 1.29 is 4.79 Å². The van der Waals surface area contributed by atoms with Crippen molar-refractivity contribution in [3.8, 4) is 0 Å². The number of likely N-dealkylation sites (tertiary alicyclic amines) is 1. The fraction of sp³-hybridized carbons (Fsp3) is 0.571. The summed E-state index contributed by atoms with van der Waals surface area (Å²) in [4.78, 5) is 18.5. The predicted molar refractivity (Wildman–Crippen MR) is 74.3 cm³/mol. The van der Waals surface area contributed by atoms with Gasteiger partial charge in [0.25, 0.3) is 5.91 Å². The SMILES string of the molecule is O=C(NC1CCN(C2CC2)CC1)c1ccc(Cl)nc1. The van der Waals surface area contributed by atoms with Gasteiger partial charge in [0, 0.05) is 31.4 Å². The summed E-state index contributed by atoms with van der Waals surface area (Å²) in [6.45, 7) is 2.21. The van der Waals surface area contributed by atoms with Gasteiger partial charge in [0.1, 0.15) is 5.15 Å². The first kappa shape index (κ1) is 12.9. The van der Waals surface area contributed by atoms with Gasteiger partial charge in [0.15, 0.2) is 0 Å². The topological polar surface area (TPSA) is 45.2 Å². The molecule has 5 heteroatoms. The molecule has 4 nitrogen and oxygen atoms in total. The molecule has 0 unspecified atom stereocenters. The maximum Gasteiger partial charge on any atom is 0.253 e. The molecular formula is C14H18ClN3O. The molecule has 1 saturated heterocycles. The van der Waals surface area contributed by atoms with Gasteiger partial charge in [0.2, 0.25) is 0 Å². The van der Waals surface area contributed by atoms with E-state index >= 15 is 0 Å². The number of hydrogen-bond donors (Lipinski definition) is 1. The molecular weight excluding hydrogens is 262 g/mol. The van der Waals surface area contributed by atoms with Crippen LogP contribution in [0.15, 0.2) is 18.3 Å². The lowest BCUT2D eigenvalue weighted by Gasteiger charge is -2.32. The fourth-order valence-electron chi connectivity index (χ4n) is 2.63. The van der Waals surface area contributed by atoms with Gasteiger partial charge in [-0.15, -0.1) is 0 Å². The Labute approximate surface area is 118 Å².